The van der Waals surface area contributed by atoms with Gasteiger partial charge in [0.2, 0.25) is 0 Å². The van der Waals surface area contributed by atoms with E-state index in [1.165, 1.54) is 6.07 Å². The number of hydrogen-bond acceptors (Lipinski definition) is 4. The molecule has 1 aliphatic heterocycles. The predicted molar refractivity (Wildman–Crippen MR) is 104 cm³/mol. The van der Waals surface area contributed by atoms with Gasteiger partial charge in [-0.05, 0) is 64.2 Å². The summed E-state index contributed by atoms with van der Waals surface area (Å²) >= 11 is 0. The van der Waals surface area contributed by atoms with E-state index in [0.717, 1.165) is 22.2 Å². The number of rotatable bonds is 3. The molecule has 1 aliphatic rings. The zero-order chi connectivity index (χ0) is 19.3. The molecule has 6 heteroatoms. The van der Waals surface area contributed by atoms with E-state index >= 15 is 0 Å². The van der Waals surface area contributed by atoms with Gasteiger partial charge in [0.15, 0.2) is 0 Å². The summed E-state index contributed by atoms with van der Waals surface area (Å²) in [5, 5.41) is 11.4. The first-order chi connectivity index (χ1) is 12.0. The Morgan fingerprint density at radius 2 is 1.50 bits per heavy atom. The molecule has 0 saturated carbocycles. The minimum Gasteiger partial charge on any atom is -0.399 e. The van der Waals surface area contributed by atoms with Crippen LogP contribution in [-0.4, -0.2) is 23.2 Å². The predicted octanol–water partition coefficient (Wildman–Crippen LogP) is 4.18. The van der Waals surface area contributed by atoms with Crippen molar-refractivity contribution >= 4 is 18.3 Å². The van der Waals surface area contributed by atoms with Gasteiger partial charge in [-0.3, -0.25) is 10.1 Å². The average Bonchev–Trinajstić information content (AvgIpc) is 2.77. The summed E-state index contributed by atoms with van der Waals surface area (Å²) in [6.07, 6.45) is 0. The van der Waals surface area contributed by atoms with Crippen molar-refractivity contribution in [2.24, 2.45) is 0 Å². The van der Waals surface area contributed by atoms with E-state index in [1.807, 2.05) is 59.7 Å². The van der Waals surface area contributed by atoms with Gasteiger partial charge in [0.05, 0.1) is 21.7 Å². The fraction of sp³-hybridized carbons (Fsp3) is 0.400. The molecule has 0 spiro atoms. The van der Waals surface area contributed by atoms with Crippen LogP contribution in [-0.2, 0) is 9.31 Å². The van der Waals surface area contributed by atoms with Crippen LogP contribution in [0.4, 0.5) is 5.69 Å². The molecule has 1 saturated heterocycles. The van der Waals surface area contributed by atoms with Crippen LogP contribution >= 0.6 is 0 Å². The summed E-state index contributed by atoms with van der Waals surface area (Å²) in [6.45, 7) is 12.0. The summed E-state index contributed by atoms with van der Waals surface area (Å²) in [4.78, 5) is 11.0. The van der Waals surface area contributed by atoms with Gasteiger partial charge in [-0.2, -0.15) is 0 Å². The van der Waals surface area contributed by atoms with E-state index in [4.69, 9.17) is 9.31 Å². The standard InChI is InChI=1S/C20H24BNO4/c1-13-12-17(21-25-19(3,4)20(5,6)26-21)14(2)11-16(13)15-9-7-8-10-18(15)22(23)24/h7-12H,1-6H3. The fourth-order valence-electron chi connectivity index (χ4n) is 3.21. The molecule has 0 atom stereocenters. The number of nitro benzene ring substituents is 1. The highest BCUT2D eigenvalue weighted by atomic mass is 16.7. The van der Waals surface area contributed by atoms with Gasteiger partial charge in [-0.15, -0.1) is 0 Å². The third kappa shape index (κ3) is 3.04. The van der Waals surface area contributed by atoms with Crippen LogP contribution in [0.1, 0.15) is 38.8 Å². The molecule has 0 amide bonds. The minimum atomic E-state index is -0.446. The highest BCUT2D eigenvalue weighted by Gasteiger charge is 2.52. The number of aryl methyl sites for hydroxylation is 2. The largest absolute Gasteiger partial charge is 0.495 e. The van der Waals surface area contributed by atoms with Crippen molar-refractivity contribution in [2.45, 2.75) is 52.7 Å². The van der Waals surface area contributed by atoms with Crippen LogP contribution in [0.5, 0.6) is 0 Å². The van der Waals surface area contributed by atoms with Crippen LogP contribution in [0, 0.1) is 24.0 Å². The highest BCUT2D eigenvalue weighted by Crippen LogP contribution is 2.37. The van der Waals surface area contributed by atoms with Gasteiger partial charge in [0.1, 0.15) is 0 Å². The normalized spacial score (nSPS) is 18.2. The minimum absolute atomic E-state index is 0.110. The van der Waals surface area contributed by atoms with E-state index in [-0.39, 0.29) is 10.6 Å². The quantitative estimate of drug-likeness (QED) is 0.472. The molecular weight excluding hydrogens is 329 g/mol. The van der Waals surface area contributed by atoms with E-state index in [2.05, 4.69) is 0 Å². The SMILES string of the molecule is Cc1cc(-c2ccccc2[N+](=O)[O-])c(C)cc1B1OC(C)(C)C(C)(C)O1. The van der Waals surface area contributed by atoms with Gasteiger partial charge in [0, 0.05) is 6.07 Å². The van der Waals surface area contributed by atoms with Gasteiger partial charge in [0.25, 0.3) is 5.69 Å². The van der Waals surface area contributed by atoms with Crippen molar-refractivity contribution < 1.29 is 14.2 Å². The maximum absolute atomic E-state index is 11.4. The Kier molecular flexibility index (Phi) is 4.45. The Balaban J connectivity index is 2.05. The number of nitro groups is 1. The molecule has 1 heterocycles. The Morgan fingerprint density at radius 3 is 2.08 bits per heavy atom. The first kappa shape index (κ1) is 18.6. The molecule has 0 radical (unpaired) electrons. The molecule has 0 bridgehead atoms. The lowest BCUT2D eigenvalue weighted by Gasteiger charge is -2.32. The van der Waals surface area contributed by atoms with Crippen LogP contribution in [0.15, 0.2) is 36.4 Å². The molecule has 0 aromatic heterocycles. The summed E-state index contributed by atoms with van der Waals surface area (Å²) in [6, 6.07) is 10.8. The summed E-state index contributed by atoms with van der Waals surface area (Å²) in [5.74, 6) is 0. The Labute approximate surface area is 154 Å². The van der Waals surface area contributed by atoms with Gasteiger partial charge >= 0.3 is 7.12 Å². The molecule has 2 aromatic rings. The molecular formula is C20H24BNO4. The van der Waals surface area contributed by atoms with Crippen LogP contribution in [0.3, 0.4) is 0 Å². The zero-order valence-corrected chi connectivity index (χ0v) is 16.1. The molecule has 136 valence electrons. The lowest BCUT2D eigenvalue weighted by Crippen LogP contribution is -2.41. The number of hydrogen-bond donors (Lipinski definition) is 0. The fourth-order valence-corrected chi connectivity index (χ4v) is 3.21. The van der Waals surface area contributed by atoms with Crippen molar-refractivity contribution in [3.63, 3.8) is 0 Å². The smallest absolute Gasteiger partial charge is 0.399 e. The second-order valence-corrected chi connectivity index (χ2v) is 7.89. The molecule has 0 aliphatic carbocycles. The van der Waals surface area contributed by atoms with Crippen molar-refractivity contribution in [3.05, 3.63) is 57.6 Å². The third-order valence-corrected chi connectivity index (χ3v) is 5.51. The summed E-state index contributed by atoms with van der Waals surface area (Å²) in [7, 11) is -0.446. The van der Waals surface area contributed by atoms with E-state index in [0.29, 0.717) is 5.56 Å². The number of benzene rings is 2. The molecule has 1 fully saturated rings. The summed E-state index contributed by atoms with van der Waals surface area (Å²) in [5.41, 5.74) is 3.68. The topological polar surface area (TPSA) is 61.6 Å². The van der Waals surface area contributed by atoms with Crippen LogP contribution < -0.4 is 5.46 Å². The van der Waals surface area contributed by atoms with Crippen molar-refractivity contribution in [2.75, 3.05) is 0 Å². The van der Waals surface area contributed by atoms with Crippen molar-refractivity contribution in [3.8, 4) is 11.1 Å². The molecule has 0 N–H and O–H groups in total. The maximum Gasteiger partial charge on any atom is 0.495 e. The molecule has 5 nitrogen and oxygen atoms in total. The Bertz CT molecular complexity index is 860. The zero-order valence-electron chi connectivity index (χ0n) is 16.1. The van der Waals surface area contributed by atoms with Gasteiger partial charge in [-0.1, -0.05) is 29.8 Å². The lowest BCUT2D eigenvalue weighted by molar-refractivity contribution is -0.384. The average molecular weight is 353 g/mol. The number of nitrogens with zero attached hydrogens (tertiary/aromatic N) is 1. The third-order valence-electron chi connectivity index (χ3n) is 5.51. The van der Waals surface area contributed by atoms with Gasteiger partial charge < -0.3 is 9.31 Å². The van der Waals surface area contributed by atoms with E-state index in [9.17, 15) is 10.1 Å². The first-order valence-corrected chi connectivity index (χ1v) is 8.74. The summed E-state index contributed by atoms with van der Waals surface area (Å²) < 4.78 is 12.3. The van der Waals surface area contributed by atoms with Crippen LogP contribution in [0.2, 0.25) is 0 Å². The Hall–Kier alpha value is -2.18. The Morgan fingerprint density at radius 1 is 0.923 bits per heavy atom. The van der Waals surface area contributed by atoms with E-state index < -0.39 is 18.3 Å². The first-order valence-electron chi connectivity index (χ1n) is 8.74. The molecule has 3 rings (SSSR count). The molecule has 26 heavy (non-hydrogen) atoms. The molecule has 0 unspecified atom stereocenters. The molecule has 2 aromatic carbocycles. The second kappa shape index (κ2) is 6.22. The number of para-hydroxylation sites is 1. The van der Waals surface area contributed by atoms with Crippen LogP contribution in [0.25, 0.3) is 11.1 Å². The van der Waals surface area contributed by atoms with Crippen molar-refractivity contribution in [1.82, 2.24) is 0 Å². The monoisotopic (exact) mass is 353 g/mol. The van der Waals surface area contributed by atoms with E-state index in [1.54, 1.807) is 12.1 Å². The maximum atomic E-state index is 11.4. The van der Waals surface area contributed by atoms with Gasteiger partial charge in [-0.25, -0.2) is 0 Å². The lowest BCUT2D eigenvalue weighted by atomic mass is 9.74. The second-order valence-electron chi connectivity index (χ2n) is 7.89. The van der Waals surface area contributed by atoms with Crippen molar-refractivity contribution in [1.29, 1.82) is 0 Å². The highest BCUT2D eigenvalue weighted by molar-refractivity contribution is 6.62.